The first-order chi connectivity index (χ1) is 16.1. The Labute approximate surface area is 201 Å². The number of benzene rings is 1. The molecule has 1 aliphatic rings. The molecule has 182 valence electrons. The number of thiazole rings is 1. The summed E-state index contributed by atoms with van der Waals surface area (Å²) in [6.45, 7) is 7.25. The highest BCUT2D eigenvalue weighted by Crippen LogP contribution is 2.38. The third-order valence-electron chi connectivity index (χ3n) is 5.69. The fourth-order valence-corrected chi connectivity index (χ4v) is 4.70. The van der Waals surface area contributed by atoms with Gasteiger partial charge in [0.2, 0.25) is 0 Å². The Bertz CT molecular complexity index is 1110. The molecular weight excluding hydrogens is 463 g/mol. The number of alkyl halides is 3. The van der Waals surface area contributed by atoms with Crippen molar-refractivity contribution in [2.45, 2.75) is 52.4 Å². The first-order valence-electron chi connectivity index (χ1n) is 11.0. The van der Waals surface area contributed by atoms with Crippen LogP contribution in [0.5, 0.6) is 0 Å². The molecule has 0 saturated carbocycles. The van der Waals surface area contributed by atoms with Crippen LogP contribution in [0.1, 0.15) is 52.0 Å². The van der Waals surface area contributed by atoms with Gasteiger partial charge in [-0.2, -0.15) is 13.2 Å². The van der Waals surface area contributed by atoms with Crippen LogP contribution in [-0.2, 0) is 12.7 Å². The summed E-state index contributed by atoms with van der Waals surface area (Å²) in [6.07, 6.45) is 1.65. The van der Waals surface area contributed by atoms with E-state index in [-0.39, 0.29) is 5.56 Å². The molecule has 4 rings (SSSR count). The summed E-state index contributed by atoms with van der Waals surface area (Å²) < 4.78 is 39.8. The van der Waals surface area contributed by atoms with Gasteiger partial charge >= 0.3 is 6.18 Å². The smallest absolute Gasteiger partial charge is 0.365 e. The van der Waals surface area contributed by atoms with E-state index >= 15 is 0 Å². The molecule has 0 amide bonds. The molecule has 1 fully saturated rings. The number of aryl methyl sites for hydroxylation is 2. The van der Waals surface area contributed by atoms with Gasteiger partial charge < -0.3 is 5.32 Å². The van der Waals surface area contributed by atoms with Crippen molar-refractivity contribution in [3.05, 3.63) is 58.0 Å². The second kappa shape index (κ2) is 11.1. The van der Waals surface area contributed by atoms with E-state index in [2.05, 4.69) is 32.1 Å². The third-order valence-corrected chi connectivity index (χ3v) is 6.74. The molecule has 6 nitrogen and oxygen atoms in total. The van der Waals surface area contributed by atoms with Crippen molar-refractivity contribution in [2.75, 3.05) is 18.9 Å². The first kappa shape index (κ1) is 25.8. The molecule has 2 aromatic heterocycles. The van der Waals surface area contributed by atoms with Crippen LogP contribution < -0.4 is 5.32 Å². The second-order valence-corrected chi connectivity index (χ2v) is 9.31. The van der Waals surface area contributed by atoms with Crippen molar-refractivity contribution < 1.29 is 18.0 Å². The highest BCUT2D eigenvalue weighted by Gasteiger charge is 2.33. The van der Waals surface area contributed by atoms with Gasteiger partial charge in [0, 0.05) is 36.3 Å². The van der Waals surface area contributed by atoms with Crippen molar-refractivity contribution in [1.29, 1.82) is 0 Å². The van der Waals surface area contributed by atoms with Gasteiger partial charge in [-0.25, -0.2) is 9.97 Å². The van der Waals surface area contributed by atoms with Crippen LogP contribution in [0.25, 0.3) is 11.3 Å². The molecule has 1 aromatic carbocycles. The van der Waals surface area contributed by atoms with Crippen molar-refractivity contribution in [3.63, 3.8) is 0 Å². The number of carbonyl (C=O) groups is 1. The number of likely N-dealkylation sites (tertiary alicyclic amines) is 1. The number of aldehydes is 1. The number of rotatable bonds is 5. The lowest BCUT2D eigenvalue weighted by molar-refractivity contribution is -0.138. The normalized spacial score (nSPS) is 16.1. The maximum Gasteiger partial charge on any atom is 0.416 e. The van der Waals surface area contributed by atoms with E-state index in [4.69, 9.17) is 0 Å². The van der Waals surface area contributed by atoms with E-state index < -0.39 is 11.7 Å². The molecule has 1 N–H and O–H groups in total. The topological polar surface area (TPSA) is 71.0 Å². The fraction of sp³-hybridized carbons (Fsp3) is 0.417. The lowest BCUT2D eigenvalue weighted by atomic mass is 10.0. The molecule has 34 heavy (non-hydrogen) atoms. The molecule has 1 saturated heterocycles. The van der Waals surface area contributed by atoms with E-state index in [1.54, 1.807) is 19.3 Å². The molecule has 1 unspecified atom stereocenters. The maximum atomic E-state index is 13.3. The zero-order valence-corrected chi connectivity index (χ0v) is 20.4. The van der Waals surface area contributed by atoms with Gasteiger partial charge in [0.15, 0.2) is 11.4 Å². The van der Waals surface area contributed by atoms with Gasteiger partial charge in [-0.05, 0) is 51.8 Å². The van der Waals surface area contributed by atoms with E-state index in [1.165, 1.54) is 36.6 Å². The van der Waals surface area contributed by atoms with E-state index in [1.807, 2.05) is 6.92 Å². The van der Waals surface area contributed by atoms with Crippen molar-refractivity contribution in [2.24, 2.45) is 0 Å². The number of carbonyl (C=O) groups excluding carboxylic acids is 1. The summed E-state index contributed by atoms with van der Waals surface area (Å²) >= 11 is 1.52. The van der Waals surface area contributed by atoms with Crippen LogP contribution in [0.15, 0.2) is 30.6 Å². The minimum absolute atomic E-state index is 0.232. The number of nitrogens with zero attached hydrogens (tertiary/aromatic N) is 4. The molecule has 1 atom stereocenters. The number of hydrogen-bond donors (Lipinski definition) is 1. The molecule has 0 spiro atoms. The van der Waals surface area contributed by atoms with Crippen LogP contribution in [0, 0.1) is 13.8 Å². The van der Waals surface area contributed by atoms with Crippen LogP contribution in [0.4, 0.5) is 18.3 Å². The molecule has 0 bridgehead atoms. The molecular formula is C24H28F3N5OS. The minimum Gasteiger partial charge on any atom is -0.365 e. The molecule has 3 aromatic rings. The largest absolute Gasteiger partial charge is 0.416 e. The second-order valence-electron chi connectivity index (χ2n) is 8.23. The summed E-state index contributed by atoms with van der Waals surface area (Å²) in [6, 6.07) is 4.98. The van der Waals surface area contributed by atoms with Gasteiger partial charge in [-0.15, -0.1) is 11.3 Å². The quantitative estimate of drug-likeness (QED) is 0.458. The highest BCUT2D eigenvalue weighted by atomic mass is 32.1. The molecule has 1 aliphatic heterocycles. The Morgan fingerprint density at radius 1 is 1.24 bits per heavy atom. The summed E-state index contributed by atoms with van der Waals surface area (Å²) in [5.41, 5.74) is 2.01. The van der Waals surface area contributed by atoms with E-state index in [0.717, 1.165) is 41.6 Å². The van der Waals surface area contributed by atoms with Gasteiger partial charge in [-0.1, -0.05) is 12.1 Å². The lowest BCUT2D eigenvalue weighted by Crippen LogP contribution is -2.25. The standard InChI is InChI=1S/C18H22F3N3S.C6H6N2O/c1-11-6-7-13(9-14(11)18(19,20)21)16-15(25-17(22-3)23-16)10-24-8-4-5-12(24)2;1-5-2-8-6(4-9)3-7-5/h6-7,9,12H,4-5,8,10H2,1-3H3,(H,22,23);2-4H,1H3. The Hall–Kier alpha value is -2.85. The third kappa shape index (κ3) is 6.38. The van der Waals surface area contributed by atoms with Crippen molar-refractivity contribution in [1.82, 2.24) is 19.9 Å². The zero-order chi connectivity index (χ0) is 24.9. The number of anilines is 1. The van der Waals surface area contributed by atoms with E-state index in [0.29, 0.717) is 29.3 Å². The molecule has 0 radical (unpaired) electrons. The predicted octanol–water partition coefficient (Wildman–Crippen LogP) is 5.76. The van der Waals surface area contributed by atoms with Gasteiger partial charge in [0.05, 0.1) is 23.1 Å². The van der Waals surface area contributed by atoms with Gasteiger partial charge in [0.25, 0.3) is 0 Å². The van der Waals surface area contributed by atoms with Crippen LogP contribution in [0.2, 0.25) is 0 Å². The van der Waals surface area contributed by atoms with Crippen LogP contribution in [0.3, 0.4) is 0 Å². The van der Waals surface area contributed by atoms with Gasteiger partial charge in [0.1, 0.15) is 5.69 Å². The maximum absolute atomic E-state index is 13.3. The fourth-order valence-electron chi connectivity index (χ4n) is 3.74. The number of aromatic nitrogens is 3. The Morgan fingerprint density at radius 3 is 2.56 bits per heavy atom. The summed E-state index contributed by atoms with van der Waals surface area (Å²) in [7, 11) is 1.78. The highest BCUT2D eigenvalue weighted by molar-refractivity contribution is 7.16. The Morgan fingerprint density at radius 2 is 2.00 bits per heavy atom. The number of halogens is 3. The zero-order valence-electron chi connectivity index (χ0n) is 19.6. The summed E-state index contributed by atoms with van der Waals surface area (Å²) in [5.74, 6) is 0. The van der Waals surface area contributed by atoms with Crippen LogP contribution in [-0.4, -0.2) is 45.8 Å². The molecule has 10 heteroatoms. The van der Waals surface area contributed by atoms with Gasteiger partial charge in [-0.3, -0.25) is 14.7 Å². The Balaban J connectivity index is 0.000000302. The van der Waals surface area contributed by atoms with Crippen molar-refractivity contribution in [3.8, 4) is 11.3 Å². The lowest BCUT2D eigenvalue weighted by Gasteiger charge is -2.20. The SMILES string of the molecule is CNc1nc(-c2ccc(C)c(C(F)(F)F)c2)c(CN2CCCC2C)s1.Cc1cnc(C=O)cn1. The average Bonchev–Trinajstić information content (AvgIpc) is 3.40. The number of nitrogens with one attached hydrogen (secondary N) is 1. The Kier molecular flexibility index (Phi) is 8.37. The first-order valence-corrected chi connectivity index (χ1v) is 11.8. The molecule has 0 aliphatic carbocycles. The number of hydrogen-bond acceptors (Lipinski definition) is 7. The summed E-state index contributed by atoms with van der Waals surface area (Å²) in [4.78, 5) is 25.5. The minimum atomic E-state index is -4.36. The van der Waals surface area contributed by atoms with E-state index in [9.17, 15) is 18.0 Å². The van der Waals surface area contributed by atoms with Crippen LogP contribution >= 0.6 is 11.3 Å². The molecule has 3 heterocycles. The average molecular weight is 492 g/mol. The predicted molar refractivity (Wildman–Crippen MR) is 128 cm³/mol. The monoisotopic (exact) mass is 491 g/mol. The summed E-state index contributed by atoms with van der Waals surface area (Å²) in [5, 5.41) is 3.74. The van der Waals surface area contributed by atoms with Crippen molar-refractivity contribution >= 4 is 22.8 Å².